The summed E-state index contributed by atoms with van der Waals surface area (Å²) >= 11 is -3.29. The minimum absolute atomic E-state index is 0.579. The summed E-state index contributed by atoms with van der Waals surface area (Å²) in [6, 6.07) is 42.0. The molecule has 0 unspecified atom stereocenters. The van der Waals surface area contributed by atoms with E-state index < -0.39 is 17.4 Å². The van der Waals surface area contributed by atoms with Gasteiger partial charge in [-0.3, -0.25) is 0 Å². The van der Waals surface area contributed by atoms with Gasteiger partial charge in [0.25, 0.3) is 0 Å². The maximum atomic E-state index is 6.81. The van der Waals surface area contributed by atoms with Gasteiger partial charge < -0.3 is 0 Å². The van der Waals surface area contributed by atoms with E-state index in [0.717, 1.165) is 9.45 Å². The van der Waals surface area contributed by atoms with E-state index in [2.05, 4.69) is 109 Å². The molecule has 0 atom stereocenters. The molecule has 0 heterocycles. The molecule has 0 fully saturated rings. The molecular weight excluding hydrogens is 416 g/mol. The first-order valence-electron chi connectivity index (χ1n) is 10.7. The summed E-state index contributed by atoms with van der Waals surface area (Å²) in [7, 11) is 0. The zero-order valence-electron chi connectivity index (χ0n) is 17.7. The van der Waals surface area contributed by atoms with Gasteiger partial charge in [0, 0.05) is 0 Å². The van der Waals surface area contributed by atoms with Gasteiger partial charge in [0.1, 0.15) is 0 Å². The van der Waals surface area contributed by atoms with Crippen molar-refractivity contribution in [2.75, 3.05) is 0 Å². The van der Waals surface area contributed by atoms with Crippen LogP contribution in [0.25, 0.3) is 0 Å². The van der Waals surface area contributed by atoms with Crippen LogP contribution >= 0.6 is 0 Å². The van der Waals surface area contributed by atoms with E-state index in [-0.39, 0.29) is 0 Å². The van der Waals surface area contributed by atoms with Gasteiger partial charge in [0.2, 0.25) is 0 Å². The Kier molecular flexibility index (Phi) is 7.87. The van der Waals surface area contributed by atoms with Crippen molar-refractivity contribution in [3.05, 3.63) is 144 Å². The van der Waals surface area contributed by atoms with Crippen molar-refractivity contribution in [2.45, 2.75) is 22.7 Å². The van der Waals surface area contributed by atoms with Gasteiger partial charge in [-0.2, -0.15) is 0 Å². The van der Waals surface area contributed by atoms with Crippen LogP contribution in [0.15, 0.2) is 121 Å². The fourth-order valence-electron chi connectivity index (χ4n) is 3.70. The molecule has 0 aliphatic carbocycles. The van der Waals surface area contributed by atoms with Gasteiger partial charge in [-0.15, -0.1) is 0 Å². The molecule has 0 spiro atoms. The van der Waals surface area contributed by atoms with Crippen LogP contribution in [0, 0.1) is 0 Å². The van der Waals surface area contributed by atoms with Crippen LogP contribution in [-0.4, -0.2) is 0 Å². The molecule has 0 radical (unpaired) electrons. The average molecular weight is 444 g/mol. The van der Waals surface area contributed by atoms with Crippen molar-refractivity contribution in [1.82, 2.24) is 0 Å². The third kappa shape index (κ3) is 6.75. The maximum absolute atomic E-state index is 6.81. The van der Waals surface area contributed by atoms with Gasteiger partial charge in [0.05, 0.1) is 0 Å². The van der Waals surface area contributed by atoms with E-state index in [0.29, 0.717) is 13.2 Å². The summed E-state index contributed by atoms with van der Waals surface area (Å²) in [6.45, 7) is 1.16. The first-order chi connectivity index (χ1) is 15.3. The van der Waals surface area contributed by atoms with Crippen LogP contribution < -0.4 is 0 Å². The van der Waals surface area contributed by atoms with Gasteiger partial charge in [-0.25, -0.2) is 0 Å². The van der Waals surface area contributed by atoms with E-state index in [1.165, 1.54) is 22.3 Å². The van der Waals surface area contributed by atoms with Crippen molar-refractivity contribution < 1.29 is 24.0 Å². The standard InChI is InChI=1S/2C7H7O.2C7H7.Ti/c2*8-6-7-4-2-1-3-5-7;2*1-7-5-3-2-4-6-7;/h2*1-5H,6H2;2*2-6H,1H2;/q2*-1;;;+2. The molecule has 0 saturated heterocycles. The topological polar surface area (TPSA) is 18.5 Å². The van der Waals surface area contributed by atoms with Crippen molar-refractivity contribution in [3.63, 3.8) is 0 Å². The Morgan fingerprint density at radius 3 is 1.00 bits per heavy atom. The quantitative estimate of drug-likeness (QED) is 0.250. The Bertz CT molecular complexity index is 935. The molecule has 3 heteroatoms. The molecule has 0 aromatic heterocycles. The number of hydrogen-bond acceptors (Lipinski definition) is 2. The van der Waals surface area contributed by atoms with E-state index in [1.54, 1.807) is 0 Å². The van der Waals surface area contributed by atoms with E-state index >= 15 is 0 Å². The van der Waals surface area contributed by atoms with Crippen LogP contribution in [0.3, 0.4) is 0 Å². The molecule has 156 valence electrons. The Morgan fingerprint density at radius 2 is 0.677 bits per heavy atom. The molecular formula is C28H28O2Ti. The molecule has 0 saturated carbocycles. The number of rotatable bonds is 10. The van der Waals surface area contributed by atoms with Gasteiger partial charge in [0.15, 0.2) is 0 Å². The van der Waals surface area contributed by atoms with Gasteiger partial charge >= 0.3 is 190 Å². The first-order valence-corrected chi connectivity index (χ1v) is 14.2. The zero-order chi connectivity index (χ0) is 21.2. The SMILES string of the molecule is c1ccc(C[O][Ti]([CH2]c2ccccc2)([CH2]c2ccccc2)[O]Cc2ccccc2)cc1. The fraction of sp³-hybridized carbons (Fsp3) is 0.143. The molecule has 0 amide bonds. The molecule has 31 heavy (non-hydrogen) atoms. The van der Waals surface area contributed by atoms with Gasteiger partial charge in [-0.1, -0.05) is 0 Å². The molecule has 4 rings (SSSR count). The van der Waals surface area contributed by atoms with Crippen molar-refractivity contribution in [3.8, 4) is 0 Å². The molecule has 0 aliphatic rings. The average Bonchev–Trinajstić information content (AvgIpc) is 2.84. The Morgan fingerprint density at radius 1 is 0.387 bits per heavy atom. The van der Waals surface area contributed by atoms with Crippen molar-refractivity contribution >= 4 is 0 Å². The van der Waals surface area contributed by atoms with Gasteiger partial charge in [-0.05, 0) is 0 Å². The Labute approximate surface area is 189 Å². The molecule has 0 bridgehead atoms. The predicted molar refractivity (Wildman–Crippen MR) is 123 cm³/mol. The van der Waals surface area contributed by atoms with E-state index in [9.17, 15) is 0 Å². The zero-order valence-corrected chi connectivity index (χ0v) is 19.3. The first kappa shape index (κ1) is 21.7. The minimum atomic E-state index is -3.29. The fourth-order valence-corrected chi connectivity index (χ4v) is 8.68. The number of hydrogen-bond donors (Lipinski definition) is 0. The summed E-state index contributed by atoms with van der Waals surface area (Å²) in [5, 5.41) is 0. The second-order valence-corrected chi connectivity index (χ2v) is 12.6. The molecule has 4 aromatic rings. The normalized spacial score (nSPS) is 11.4. The van der Waals surface area contributed by atoms with Crippen LogP contribution in [0.1, 0.15) is 22.3 Å². The second-order valence-electron chi connectivity index (χ2n) is 7.78. The van der Waals surface area contributed by atoms with E-state index in [1.807, 2.05) is 12.1 Å². The van der Waals surface area contributed by atoms with Crippen LogP contribution in [0.5, 0.6) is 0 Å². The molecule has 0 aliphatic heterocycles. The Hall–Kier alpha value is -2.49. The summed E-state index contributed by atoms with van der Waals surface area (Å²) in [4.78, 5) is 0. The number of benzene rings is 4. The summed E-state index contributed by atoms with van der Waals surface area (Å²) in [5.74, 6) is 0. The molecule has 2 nitrogen and oxygen atoms in total. The molecule has 0 N–H and O–H groups in total. The van der Waals surface area contributed by atoms with Crippen LogP contribution in [-0.2, 0) is 46.7 Å². The van der Waals surface area contributed by atoms with Crippen LogP contribution in [0.2, 0.25) is 0 Å². The summed E-state index contributed by atoms with van der Waals surface area (Å²) < 4.78 is 15.3. The Balaban J connectivity index is 1.64. The van der Waals surface area contributed by atoms with Crippen molar-refractivity contribution in [2.24, 2.45) is 0 Å². The monoisotopic (exact) mass is 444 g/mol. The van der Waals surface area contributed by atoms with Crippen LogP contribution in [0.4, 0.5) is 0 Å². The summed E-state index contributed by atoms with van der Waals surface area (Å²) in [6.07, 6.45) is 0. The van der Waals surface area contributed by atoms with Crippen molar-refractivity contribution in [1.29, 1.82) is 0 Å². The third-order valence-electron chi connectivity index (χ3n) is 5.32. The third-order valence-corrected chi connectivity index (χ3v) is 10.4. The predicted octanol–water partition coefficient (Wildman–Crippen LogP) is 6.80. The molecule has 4 aromatic carbocycles. The second kappa shape index (κ2) is 11.2. The summed E-state index contributed by atoms with van der Waals surface area (Å²) in [5.41, 5.74) is 4.92. The van der Waals surface area contributed by atoms with E-state index in [4.69, 9.17) is 6.64 Å².